The van der Waals surface area contributed by atoms with Gasteiger partial charge in [0.25, 0.3) is 0 Å². The molecule has 12 heteroatoms. The van der Waals surface area contributed by atoms with E-state index in [9.17, 15) is 22.8 Å². The summed E-state index contributed by atoms with van der Waals surface area (Å²) >= 11 is 6.19. The number of piperazine rings is 1. The zero-order chi connectivity index (χ0) is 27.3. The van der Waals surface area contributed by atoms with Gasteiger partial charge < -0.3 is 15.0 Å². The highest BCUT2D eigenvalue weighted by Gasteiger charge is 2.32. The number of ether oxygens (including phenoxy) is 1. The monoisotopic (exact) mass is 547 g/mol. The summed E-state index contributed by atoms with van der Waals surface area (Å²) in [7, 11) is 1.97. The van der Waals surface area contributed by atoms with E-state index in [4.69, 9.17) is 11.6 Å². The summed E-state index contributed by atoms with van der Waals surface area (Å²) in [5, 5.41) is 2.98. The number of alkyl halides is 3. The van der Waals surface area contributed by atoms with Crippen molar-refractivity contribution < 1.29 is 27.5 Å². The number of hydrogen-bond acceptors (Lipinski definition) is 7. The minimum Gasteiger partial charge on any atom is -0.404 e. The molecule has 1 amide bonds. The van der Waals surface area contributed by atoms with Gasteiger partial charge in [0.15, 0.2) is 11.5 Å². The molecule has 0 spiro atoms. The summed E-state index contributed by atoms with van der Waals surface area (Å²) in [4.78, 5) is 38.2. The number of benzene rings is 2. The highest BCUT2D eigenvalue weighted by molar-refractivity contribution is 6.33. The van der Waals surface area contributed by atoms with Gasteiger partial charge in [-0.05, 0) is 31.3 Å². The molecule has 1 saturated heterocycles. The van der Waals surface area contributed by atoms with E-state index in [1.807, 2.05) is 18.0 Å². The molecule has 3 aromatic rings. The summed E-state index contributed by atoms with van der Waals surface area (Å²) in [5.41, 5.74) is 1.43. The summed E-state index contributed by atoms with van der Waals surface area (Å²) in [6, 6.07) is 10.5. The first-order valence-electron chi connectivity index (χ1n) is 11.8. The van der Waals surface area contributed by atoms with E-state index in [1.165, 1.54) is 24.5 Å². The summed E-state index contributed by atoms with van der Waals surface area (Å²) < 4.78 is 42.9. The van der Waals surface area contributed by atoms with Crippen LogP contribution in [0.3, 0.4) is 0 Å². The zero-order valence-corrected chi connectivity index (χ0v) is 21.2. The van der Waals surface area contributed by atoms with Crippen molar-refractivity contribution in [1.29, 1.82) is 0 Å². The van der Waals surface area contributed by atoms with Crippen LogP contribution in [0.25, 0.3) is 11.3 Å². The van der Waals surface area contributed by atoms with Crippen LogP contribution in [0.5, 0.6) is 5.75 Å². The van der Waals surface area contributed by atoms with E-state index >= 15 is 0 Å². The molecular weight excluding hydrogens is 523 g/mol. The number of aromatic nitrogens is 2. The van der Waals surface area contributed by atoms with Gasteiger partial charge in [0.1, 0.15) is 0 Å². The number of carbonyl (C=O) groups excluding carboxylic acids is 2. The lowest BCUT2D eigenvalue weighted by Crippen LogP contribution is -2.47. The quantitative estimate of drug-likeness (QED) is 0.421. The maximum atomic E-state index is 13.0. The minimum atomic E-state index is -4.97. The highest BCUT2D eigenvalue weighted by atomic mass is 35.5. The molecule has 0 aliphatic carbocycles. The van der Waals surface area contributed by atoms with Crippen molar-refractivity contribution in [3.8, 4) is 17.0 Å². The Kier molecular flexibility index (Phi) is 8.60. The van der Waals surface area contributed by atoms with E-state index < -0.39 is 23.8 Å². The molecule has 1 fully saturated rings. The molecule has 2 aromatic carbocycles. The van der Waals surface area contributed by atoms with E-state index in [0.29, 0.717) is 35.1 Å². The molecule has 0 unspecified atom stereocenters. The molecular formula is C26H25ClF3N5O3. The van der Waals surface area contributed by atoms with Crippen molar-refractivity contribution in [2.45, 2.75) is 12.8 Å². The van der Waals surface area contributed by atoms with Gasteiger partial charge >= 0.3 is 6.36 Å². The normalized spacial score (nSPS) is 14.8. The number of likely N-dealkylation sites (N-methyl/N-ethyl adjacent to an activating group) is 1. The Bertz CT molecular complexity index is 1300. The topological polar surface area (TPSA) is 87.7 Å². The number of nitrogens with zero attached hydrogens (tertiary/aromatic N) is 4. The molecule has 0 atom stereocenters. The van der Waals surface area contributed by atoms with Crippen LogP contribution in [-0.2, 0) is 11.2 Å². The average Bonchev–Trinajstić information content (AvgIpc) is 2.86. The average molecular weight is 548 g/mol. The van der Waals surface area contributed by atoms with Crippen LogP contribution in [0.4, 0.5) is 18.9 Å². The number of carbonyl (C=O) groups is 2. The Morgan fingerprint density at radius 1 is 1.05 bits per heavy atom. The Morgan fingerprint density at radius 2 is 1.79 bits per heavy atom. The van der Waals surface area contributed by atoms with Crippen LogP contribution in [0.1, 0.15) is 16.1 Å². The van der Waals surface area contributed by atoms with Crippen molar-refractivity contribution in [2.75, 3.05) is 45.1 Å². The smallest absolute Gasteiger partial charge is 0.404 e. The van der Waals surface area contributed by atoms with Crippen molar-refractivity contribution in [3.05, 3.63) is 71.1 Å². The molecule has 1 aliphatic rings. The number of hydrogen-bond donors (Lipinski definition) is 1. The SMILES string of the molecule is CN1CCN(CC(=O)Nc2cc(C(=O)Cc3cnc(-c4ccccc4Cl)cn3)ccc2OC(F)(F)F)CC1. The molecule has 200 valence electrons. The Labute approximate surface area is 222 Å². The summed E-state index contributed by atoms with van der Waals surface area (Å²) in [5.74, 6) is -1.53. The van der Waals surface area contributed by atoms with Gasteiger partial charge in [0.2, 0.25) is 5.91 Å². The Morgan fingerprint density at radius 3 is 2.45 bits per heavy atom. The zero-order valence-electron chi connectivity index (χ0n) is 20.5. The van der Waals surface area contributed by atoms with Crippen molar-refractivity contribution in [3.63, 3.8) is 0 Å². The van der Waals surface area contributed by atoms with Crippen molar-refractivity contribution >= 4 is 29.0 Å². The third kappa shape index (κ3) is 7.50. The van der Waals surface area contributed by atoms with Gasteiger partial charge in [-0.3, -0.25) is 24.5 Å². The number of anilines is 1. The molecule has 1 N–H and O–H groups in total. The van der Waals surface area contributed by atoms with E-state index in [0.717, 1.165) is 19.2 Å². The van der Waals surface area contributed by atoms with Crippen LogP contribution >= 0.6 is 11.6 Å². The van der Waals surface area contributed by atoms with Crippen molar-refractivity contribution in [2.24, 2.45) is 0 Å². The lowest BCUT2D eigenvalue weighted by molar-refractivity contribution is -0.274. The van der Waals surface area contributed by atoms with Crippen molar-refractivity contribution in [1.82, 2.24) is 19.8 Å². The van der Waals surface area contributed by atoms with Crippen LogP contribution < -0.4 is 10.1 Å². The van der Waals surface area contributed by atoms with Crippen LogP contribution in [0.2, 0.25) is 5.02 Å². The first-order valence-corrected chi connectivity index (χ1v) is 12.1. The third-order valence-electron chi connectivity index (χ3n) is 5.96. The fraction of sp³-hybridized carbons (Fsp3) is 0.308. The predicted molar refractivity (Wildman–Crippen MR) is 136 cm³/mol. The molecule has 1 aromatic heterocycles. The number of ketones is 1. The standard InChI is InChI=1S/C26H25ClF3N5O3/c1-34-8-10-35(11-9-34)16-25(37)33-21-12-17(6-7-24(21)38-26(28,29)30)23(36)13-18-14-32-22(15-31-18)19-4-2-3-5-20(19)27/h2-7,12,14-15H,8-11,13,16H2,1H3,(H,33,37). The second kappa shape index (κ2) is 11.9. The lowest BCUT2D eigenvalue weighted by Gasteiger charge is -2.31. The number of Topliss-reactive ketones (excluding diaryl/α,β-unsaturated/α-hetero) is 1. The third-order valence-corrected chi connectivity index (χ3v) is 6.29. The molecule has 38 heavy (non-hydrogen) atoms. The van der Waals surface area contributed by atoms with Gasteiger partial charge in [-0.15, -0.1) is 13.2 Å². The number of nitrogens with one attached hydrogen (secondary N) is 1. The molecule has 4 rings (SSSR count). The maximum Gasteiger partial charge on any atom is 0.573 e. The van der Waals surface area contributed by atoms with Crippen LogP contribution in [-0.4, -0.2) is 77.6 Å². The van der Waals surface area contributed by atoms with Crippen LogP contribution in [0, 0.1) is 0 Å². The van der Waals surface area contributed by atoms with Gasteiger partial charge in [-0.25, -0.2) is 0 Å². The first kappa shape index (κ1) is 27.5. The minimum absolute atomic E-state index is 0.00480. The van der Waals surface area contributed by atoms with Crippen LogP contribution in [0.15, 0.2) is 54.9 Å². The lowest BCUT2D eigenvalue weighted by atomic mass is 10.1. The molecule has 8 nitrogen and oxygen atoms in total. The van der Waals surface area contributed by atoms with Gasteiger partial charge in [-0.2, -0.15) is 0 Å². The number of amides is 1. The molecule has 0 bridgehead atoms. The maximum absolute atomic E-state index is 13.0. The van der Waals surface area contributed by atoms with E-state index in [1.54, 1.807) is 18.2 Å². The predicted octanol–water partition coefficient (Wildman–Crippen LogP) is 4.31. The van der Waals surface area contributed by atoms with Gasteiger partial charge in [0.05, 0.1) is 41.3 Å². The van der Waals surface area contributed by atoms with Gasteiger partial charge in [0, 0.05) is 43.5 Å². The highest BCUT2D eigenvalue weighted by Crippen LogP contribution is 2.32. The fourth-order valence-electron chi connectivity index (χ4n) is 3.93. The molecule has 0 radical (unpaired) electrons. The summed E-state index contributed by atoms with van der Waals surface area (Å²) in [6.07, 6.45) is -2.18. The number of halogens is 4. The Hall–Kier alpha value is -3.54. The molecule has 0 saturated carbocycles. The number of rotatable bonds is 8. The Balaban J connectivity index is 1.48. The van der Waals surface area contributed by atoms with E-state index in [2.05, 4.69) is 24.9 Å². The molecule has 1 aliphatic heterocycles. The molecule has 2 heterocycles. The largest absolute Gasteiger partial charge is 0.573 e. The first-order chi connectivity index (χ1) is 18.1. The second-order valence-electron chi connectivity index (χ2n) is 8.86. The van der Waals surface area contributed by atoms with Gasteiger partial charge in [-0.1, -0.05) is 29.8 Å². The fourth-order valence-corrected chi connectivity index (χ4v) is 4.17. The van der Waals surface area contributed by atoms with E-state index in [-0.39, 0.29) is 24.2 Å². The second-order valence-corrected chi connectivity index (χ2v) is 9.27. The summed E-state index contributed by atoms with van der Waals surface area (Å²) in [6.45, 7) is 2.88.